The standard InChI is InChI=1S/C10H10BrFO/c11-10-8(12)2-1-3-9(10)13-6-7-4-5-7/h1-3,7H,4-6H2. The third kappa shape index (κ3) is 2.21. The number of ether oxygens (including phenoxy) is 1. The lowest BCUT2D eigenvalue weighted by molar-refractivity contribution is 0.296. The number of benzene rings is 1. The van der Waals surface area contributed by atoms with Crippen LogP contribution in [0.1, 0.15) is 12.8 Å². The molecule has 13 heavy (non-hydrogen) atoms. The third-order valence-electron chi connectivity index (χ3n) is 2.09. The zero-order valence-corrected chi connectivity index (χ0v) is 8.68. The third-order valence-corrected chi connectivity index (χ3v) is 2.86. The van der Waals surface area contributed by atoms with Gasteiger partial charge in [-0.15, -0.1) is 0 Å². The molecule has 0 N–H and O–H groups in total. The van der Waals surface area contributed by atoms with E-state index in [-0.39, 0.29) is 5.82 Å². The minimum atomic E-state index is -0.270. The molecule has 0 atom stereocenters. The highest BCUT2D eigenvalue weighted by molar-refractivity contribution is 9.10. The Morgan fingerprint density at radius 3 is 2.92 bits per heavy atom. The Morgan fingerprint density at radius 2 is 2.23 bits per heavy atom. The van der Waals surface area contributed by atoms with Gasteiger partial charge in [-0.05, 0) is 46.8 Å². The van der Waals surface area contributed by atoms with Crippen LogP contribution in [-0.2, 0) is 0 Å². The van der Waals surface area contributed by atoms with Gasteiger partial charge in [0.05, 0.1) is 11.1 Å². The van der Waals surface area contributed by atoms with E-state index in [1.54, 1.807) is 12.1 Å². The fourth-order valence-corrected chi connectivity index (χ4v) is 1.47. The van der Waals surface area contributed by atoms with Crippen molar-refractivity contribution in [2.24, 2.45) is 5.92 Å². The Kier molecular flexibility index (Phi) is 2.54. The van der Waals surface area contributed by atoms with Crippen LogP contribution in [0, 0.1) is 11.7 Å². The van der Waals surface area contributed by atoms with Crippen LogP contribution in [0.3, 0.4) is 0 Å². The lowest BCUT2D eigenvalue weighted by atomic mass is 10.3. The highest BCUT2D eigenvalue weighted by atomic mass is 79.9. The van der Waals surface area contributed by atoms with Crippen molar-refractivity contribution in [2.75, 3.05) is 6.61 Å². The molecule has 1 aliphatic rings. The molecule has 0 unspecified atom stereocenters. The molecule has 0 amide bonds. The average Bonchev–Trinajstić information content (AvgIpc) is 2.91. The monoisotopic (exact) mass is 244 g/mol. The van der Waals surface area contributed by atoms with Crippen molar-refractivity contribution < 1.29 is 9.13 Å². The largest absolute Gasteiger partial charge is 0.492 e. The van der Waals surface area contributed by atoms with Crippen LogP contribution in [0.4, 0.5) is 4.39 Å². The zero-order chi connectivity index (χ0) is 9.26. The first-order valence-corrected chi connectivity index (χ1v) is 5.13. The summed E-state index contributed by atoms with van der Waals surface area (Å²) >= 11 is 3.15. The number of halogens is 2. The second-order valence-electron chi connectivity index (χ2n) is 3.31. The molecule has 1 aromatic rings. The maximum absolute atomic E-state index is 13.0. The fraction of sp³-hybridized carbons (Fsp3) is 0.400. The molecule has 0 aliphatic heterocycles. The summed E-state index contributed by atoms with van der Waals surface area (Å²) in [7, 11) is 0. The molecule has 0 saturated heterocycles. The average molecular weight is 245 g/mol. The molecule has 1 aromatic carbocycles. The van der Waals surface area contributed by atoms with Crippen LogP contribution in [0.25, 0.3) is 0 Å². The van der Waals surface area contributed by atoms with E-state index in [0.29, 0.717) is 22.7 Å². The fourth-order valence-electron chi connectivity index (χ4n) is 1.09. The van der Waals surface area contributed by atoms with Gasteiger partial charge in [0.25, 0.3) is 0 Å². The van der Waals surface area contributed by atoms with Gasteiger partial charge in [0.2, 0.25) is 0 Å². The summed E-state index contributed by atoms with van der Waals surface area (Å²) in [5, 5.41) is 0. The van der Waals surface area contributed by atoms with E-state index in [2.05, 4.69) is 15.9 Å². The van der Waals surface area contributed by atoms with Crippen LogP contribution < -0.4 is 4.74 Å². The van der Waals surface area contributed by atoms with Crippen LogP contribution in [0.2, 0.25) is 0 Å². The smallest absolute Gasteiger partial charge is 0.141 e. The molecule has 2 rings (SSSR count). The Hall–Kier alpha value is -0.570. The van der Waals surface area contributed by atoms with Crippen molar-refractivity contribution in [2.45, 2.75) is 12.8 Å². The Balaban J connectivity index is 2.05. The van der Waals surface area contributed by atoms with Crippen LogP contribution >= 0.6 is 15.9 Å². The van der Waals surface area contributed by atoms with Gasteiger partial charge in [-0.2, -0.15) is 0 Å². The van der Waals surface area contributed by atoms with Crippen molar-refractivity contribution in [3.8, 4) is 5.75 Å². The van der Waals surface area contributed by atoms with E-state index >= 15 is 0 Å². The van der Waals surface area contributed by atoms with Gasteiger partial charge in [0.15, 0.2) is 0 Å². The molecule has 70 valence electrons. The predicted octanol–water partition coefficient (Wildman–Crippen LogP) is 3.38. The van der Waals surface area contributed by atoms with Gasteiger partial charge in [0.1, 0.15) is 11.6 Å². The first-order chi connectivity index (χ1) is 6.27. The number of rotatable bonds is 3. The van der Waals surface area contributed by atoms with Gasteiger partial charge >= 0.3 is 0 Å². The quantitative estimate of drug-likeness (QED) is 0.793. The second-order valence-corrected chi connectivity index (χ2v) is 4.10. The topological polar surface area (TPSA) is 9.23 Å². The minimum absolute atomic E-state index is 0.270. The normalized spacial score (nSPS) is 15.8. The molecular weight excluding hydrogens is 235 g/mol. The van der Waals surface area contributed by atoms with E-state index in [1.165, 1.54) is 18.9 Å². The molecular formula is C10H10BrFO. The lowest BCUT2D eigenvalue weighted by Crippen LogP contribution is -1.99. The molecule has 1 fully saturated rings. The van der Waals surface area contributed by atoms with E-state index in [0.717, 1.165) is 0 Å². The summed E-state index contributed by atoms with van der Waals surface area (Å²) in [6.45, 7) is 0.710. The van der Waals surface area contributed by atoms with Crippen molar-refractivity contribution in [3.05, 3.63) is 28.5 Å². The summed E-state index contributed by atoms with van der Waals surface area (Å²) in [6.07, 6.45) is 2.49. The first kappa shape index (κ1) is 9.00. The molecule has 0 bridgehead atoms. The lowest BCUT2D eigenvalue weighted by Gasteiger charge is -2.07. The van der Waals surface area contributed by atoms with Crippen molar-refractivity contribution in [3.63, 3.8) is 0 Å². The summed E-state index contributed by atoms with van der Waals surface area (Å²) in [5.74, 6) is 1.02. The van der Waals surface area contributed by atoms with Crippen LogP contribution in [-0.4, -0.2) is 6.61 Å². The van der Waals surface area contributed by atoms with Crippen molar-refractivity contribution in [1.82, 2.24) is 0 Å². The molecule has 0 aromatic heterocycles. The van der Waals surface area contributed by atoms with Crippen LogP contribution in [0.15, 0.2) is 22.7 Å². The second kappa shape index (κ2) is 3.66. The molecule has 0 heterocycles. The van der Waals surface area contributed by atoms with Gasteiger partial charge in [0, 0.05) is 0 Å². The van der Waals surface area contributed by atoms with Gasteiger partial charge in [-0.1, -0.05) is 6.07 Å². The van der Waals surface area contributed by atoms with Crippen LogP contribution in [0.5, 0.6) is 5.75 Å². The predicted molar refractivity (Wildman–Crippen MR) is 52.3 cm³/mol. The number of hydrogen-bond acceptors (Lipinski definition) is 1. The summed E-state index contributed by atoms with van der Waals surface area (Å²) in [4.78, 5) is 0. The summed E-state index contributed by atoms with van der Waals surface area (Å²) in [5.41, 5.74) is 0. The molecule has 1 nitrogen and oxygen atoms in total. The molecule has 0 spiro atoms. The van der Waals surface area contributed by atoms with E-state index < -0.39 is 0 Å². The molecule has 1 aliphatic carbocycles. The Labute approximate surface area is 85.0 Å². The molecule has 0 radical (unpaired) electrons. The Morgan fingerprint density at radius 1 is 1.46 bits per heavy atom. The van der Waals surface area contributed by atoms with Crippen molar-refractivity contribution >= 4 is 15.9 Å². The highest BCUT2D eigenvalue weighted by Crippen LogP contribution is 2.32. The van der Waals surface area contributed by atoms with Gasteiger partial charge < -0.3 is 4.74 Å². The van der Waals surface area contributed by atoms with Gasteiger partial charge in [-0.25, -0.2) is 4.39 Å². The van der Waals surface area contributed by atoms with E-state index in [9.17, 15) is 4.39 Å². The maximum Gasteiger partial charge on any atom is 0.141 e. The van der Waals surface area contributed by atoms with E-state index in [1.807, 2.05) is 0 Å². The minimum Gasteiger partial charge on any atom is -0.492 e. The SMILES string of the molecule is Fc1cccc(OCC2CC2)c1Br. The summed E-state index contributed by atoms with van der Waals surface area (Å²) in [6, 6.07) is 4.84. The maximum atomic E-state index is 13.0. The summed E-state index contributed by atoms with van der Waals surface area (Å²) < 4.78 is 18.9. The molecule has 1 saturated carbocycles. The zero-order valence-electron chi connectivity index (χ0n) is 7.09. The van der Waals surface area contributed by atoms with Gasteiger partial charge in [-0.3, -0.25) is 0 Å². The van der Waals surface area contributed by atoms with Crippen molar-refractivity contribution in [1.29, 1.82) is 0 Å². The highest BCUT2D eigenvalue weighted by Gasteiger charge is 2.22. The number of hydrogen-bond donors (Lipinski definition) is 0. The van der Waals surface area contributed by atoms with E-state index in [4.69, 9.17) is 4.74 Å². The Bertz CT molecular complexity index is 310. The molecule has 3 heteroatoms. The first-order valence-electron chi connectivity index (χ1n) is 4.34.